The van der Waals surface area contributed by atoms with Crippen LogP contribution in [0.4, 0.5) is 8.78 Å². The summed E-state index contributed by atoms with van der Waals surface area (Å²) in [5.41, 5.74) is -0.608. The van der Waals surface area contributed by atoms with E-state index < -0.39 is 34.9 Å². The molecular weight excluding hydrogens is 590 g/mol. The third-order valence-electron chi connectivity index (χ3n) is 8.25. The average Bonchev–Trinajstić information content (AvgIpc) is 3.80. The number of ether oxygens (including phenoxy) is 3. The van der Waals surface area contributed by atoms with Crippen molar-refractivity contribution in [2.75, 3.05) is 7.11 Å². The number of carbonyl (C=O) groups is 2. The maximum absolute atomic E-state index is 16.2. The van der Waals surface area contributed by atoms with Crippen LogP contribution in [0, 0.1) is 11.7 Å². The number of alkyl halides is 1. The zero-order valence-electron chi connectivity index (χ0n) is 28.3. The summed E-state index contributed by atoms with van der Waals surface area (Å²) in [6.45, 7) is 15.2. The zero-order valence-corrected chi connectivity index (χ0v) is 28.3. The highest BCUT2D eigenvalue weighted by Crippen LogP contribution is 2.50. The van der Waals surface area contributed by atoms with Gasteiger partial charge in [0.2, 0.25) is 11.5 Å². The number of hydrogen-bond acceptors (Lipinski definition) is 7. The lowest BCUT2D eigenvalue weighted by molar-refractivity contribution is -0.170. The molecule has 0 amide bonds. The molecule has 0 N–H and O–H groups in total. The van der Waals surface area contributed by atoms with Crippen LogP contribution in [0.5, 0.6) is 11.6 Å². The first-order valence-electron chi connectivity index (χ1n) is 15.8. The first kappa shape index (κ1) is 35.0. The van der Waals surface area contributed by atoms with Crippen LogP contribution in [-0.2, 0) is 16.1 Å². The number of carbonyl (C=O) groups excluding carboxylic acids is 2. The highest BCUT2D eigenvalue weighted by molar-refractivity contribution is 5.92. The number of nitrogens with zero attached hydrogens (tertiary/aromatic N) is 2. The number of halogens is 2. The van der Waals surface area contributed by atoms with E-state index >= 15 is 8.78 Å². The van der Waals surface area contributed by atoms with Crippen molar-refractivity contribution >= 4 is 11.9 Å². The number of aromatic nitrogens is 1. The number of pyridine rings is 1. The van der Waals surface area contributed by atoms with E-state index in [-0.39, 0.29) is 35.2 Å². The molecule has 9 heteroatoms. The molecule has 4 rings (SSSR count). The Balaban J connectivity index is 1.67. The van der Waals surface area contributed by atoms with Crippen LogP contribution in [0.1, 0.15) is 95.6 Å². The summed E-state index contributed by atoms with van der Waals surface area (Å²) in [5.74, 6) is -2.31. The van der Waals surface area contributed by atoms with Gasteiger partial charge in [-0.3, -0.25) is 4.90 Å². The maximum atomic E-state index is 16.2. The van der Waals surface area contributed by atoms with Gasteiger partial charge < -0.3 is 14.2 Å². The van der Waals surface area contributed by atoms with Gasteiger partial charge >= 0.3 is 11.9 Å². The van der Waals surface area contributed by atoms with Gasteiger partial charge in [-0.05, 0) is 115 Å². The van der Waals surface area contributed by atoms with Gasteiger partial charge in [0.25, 0.3) is 0 Å². The minimum atomic E-state index is -2.27. The second-order valence-corrected chi connectivity index (χ2v) is 13.8. The third kappa shape index (κ3) is 8.29. The fourth-order valence-corrected chi connectivity index (χ4v) is 5.91. The van der Waals surface area contributed by atoms with Crippen molar-refractivity contribution in [3.8, 4) is 22.8 Å². The number of benzene rings is 2. The predicted molar refractivity (Wildman–Crippen MR) is 174 cm³/mol. The summed E-state index contributed by atoms with van der Waals surface area (Å²) < 4.78 is 47.8. The molecule has 0 spiro atoms. The molecule has 0 saturated heterocycles. The molecule has 0 bridgehead atoms. The van der Waals surface area contributed by atoms with Gasteiger partial charge in [0.05, 0.1) is 18.9 Å². The first-order chi connectivity index (χ1) is 21.5. The number of hydrogen-bond donors (Lipinski definition) is 0. The SMILES string of the molecule is COc1cc(-c2ccc(C(=O)Oc3cccc([C@H](C4CC4)[C@@](C)(F)C(=O)OC(C)(C)C)c3)cc2CN(C(C)C)C(C)C)c(F)cn1. The van der Waals surface area contributed by atoms with E-state index in [0.29, 0.717) is 23.2 Å². The summed E-state index contributed by atoms with van der Waals surface area (Å²) in [4.78, 5) is 32.7. The van der Waals surface area contributed by atoms with Crippen molar-refractivity contribution in [2.45, 2.75) is 104 Å². The second kappa shape index (κ2) is 13.9. The Kier molecular flexibility index (Phi) is 10.6. The smallest absolute Gasteiger partial charge is 0.344 e. The van der Waals surface area contributed by atoms with E-state index in [0.717, 1.165) is 24.6 Å². The van der Waals surface area contributed by atoms with E-state index in [1.54, 1.807) is 69.3 Å². The summed E-state index contributed by atoms with van der Waals surface area (Å²) in [6, 6.07) is 13.6. The van der Waals surface area contributed by atoms with Crippen LogP contribution >= 0.6 is 0 Å². The van der Waals surface area contributed by atoms with E-state index in [4.69, 9.17) is 14.2 Å². The second-order valence-electron chi connectivity index (χ2n) is 13.8. The molecule has 2 aromatic carbocycles. The lowest BCUT2D eigenvalue weighted by Gasteiger charge is -2.32. The molecule has 2 atom stereocenters. The van der Waals surface area contributed by atoms with Gasteiger partial charge in [0.1, 0.15) is 17.2 Å². The number of methoxy groups -OCH3 is 1. The standard InChI is InChI=1S/C37H46F2N2O5/c1-22(2)41(23(3)4)21-27-17-26(15-16-29(27)30-19-32(44-9)40-20-31(30)38)34(42)45-28-12-10-11-25(18-28)33(24-13-14-24)37(8,39)35(43)46-36(5,6)7/h10-12,15-20,22-24,33H,13-14,21H2,1-9H3/t33-,37+/m0/s1. The first-order valence-corrected chi connectivity index (χ1v) is 15.8. The minimum Gasteiger partial charge on any atom is -0.481 e. The summed E-state index contributed by atoms with van der Waals surface area (Å²) in [7, 11) is 1.47. The Hall–Kier alpha value is -3.85. The molecular formula is C37H46F2N2O5. The maximum Gasteiger partial charge on any atom is 0.344 e. The Morgan fingerprint density at radius 1 is 0.978 bits per heavy atom. The van der Waals surface area contributed by atoms with E-state index in [9.17, 15) is 9.59 Å². The van der Waals surface area contributed by atoms with Crippen LogP contribution in [0.15, 0.2) is 54.7 Å². The van der Waals surface area contributed by atoms with Crippen LogP contribution in [0.2, 0.25) is 0 Å². The molecule has 1 aliphatic carbocycles. The number of esters is 2. The largest absolute Gasteiger partial charge is 0.481 e. The Labute approximate surface area is 271 Å². The zero-order chi connectivity index (χ0) is 34.0. The van der Waals surface area contributed by atoms with Gasteiger partial charge in [-0.25, -0.2) is 23.4 Å². The summed E-state index contributed by atoms with van der Waals surface area (Å²) in [5, 5.41) is 0. The fourth-order valence-electron chi connectivity index (χ4n) is 5.91. The van der Waals surface area contributed by atoms with Gasteiger partial charge in [0.15, 0.2) is 0 Å². The van der Waals surface area contributed by atoms with Crippen LogP contribution in [0.25, 0.3) is 11.1 Å². The molecule has 1 aromatic heterocycles. The third-order valence-corrected chi connectivity index (χ3v) is 8.25. The fraction of sp³-hybridized carbons (Fsp3) is 0.486. The molecule has 0 radical (unpaired) electrons. The lowest BCUT2D eigenvalue weighted by Crippen LogP contribution is -2.43. The highest BCUT2D eigenvalue weighted by Gasteiger charge is 2.51. The molecule has 1 aliphatic rings. The van der Waals surface area contributed by atoms with Gasteiger partial charge in [-0.2, -0.15) is 0 Å². The van der Waals surface area contributed by atoms with Crippen molar-refractivity contribution in [1.82, 2.24) is 9.88 Å². The highest BCUT2D eigenvalue weighted by atomic mass is 19.1. The molecule has 1 saturated carbocycles. The van der Waals surface area contributed by atoms with Crippen molar-refractivity contribution in [2.24, 2.45) is 5.92 Å². The van der Waals surface area contributed by atoms with Gasteiger partial charge in [-0.15, -0.1) is 0 Å². The topological polar surface area (TPSA) is 78.0 Å². The molecule has 0 aliphatic heterocycles. The van der Waals surface area contributed by atoms with Crippen LogP contribution in [-0.4, -0.2) is 52.3 Å². The van der Waals surface area contributed by atoms with E-state index in [1.807, 2.05) is 0 Å². The molecule has 7 nitrogen and oxygen atoms in total. The minimum absolute atomic E-state index is 0.0272. The van der Waals surface area contributed by atoms with Gasteiger partial charge in [0, 0.05) is 36.2 Å². The Morgan fingerprint density at radius 3 is 2.24 bits per heavy atom. The molecule has 1 heterocycles. The normalized spacial score (nSPS) is 15.5. The summed E-state index contributed by atoms with van der Waals surface area (Å²) in [6.07, 6.45) is 2.70. The van der Waals surface area contributed by atoms with E-state index in [2.05, 4.69) is 37.6 Å². The van der Waals surface area contributed by atoms with Crippen LogP contribution < -0.4 is 9.47 Å². The monoisotopic (exact) mass is 636 g/mol. The van der Waals surface area contributed by atoms with Crippen molar-refractivity contribution in [3.05, 3.63) is 77.2 Å². The summed E-state index contributed by atoms with van der Waals surface area (Å²) >= 11 is 0. The Morgan fingerprint density at radius 2 is 1.65 bits per heavy atom. The molecule has 46 heavy (non-hydrogen) atoms. The van der Waals surface area contributed by atoms with Crippen molar-refractivity contribution < 1.29 is 32.6 Å². The van der Waals surface area contributed by atoms with Crippen LogP contribution in [0.3, 0.4) is 0 Å². The average molecular weight is 637 g/mol. The van der Waals surface area contributed by atoms with E-state index in [1.165, 1.54) is 14.0 Å². The molecule has 248 valence electrons. The van der Waals surface area contributed by atoms with Crippen molar-refractivity contribution in [1.29, 1.82) is 0 Å². The van der Waals surface area contributed by atoms with Gasteiger partial charge in [-0.1, -0.05) is 18.2 Å². The predicted octanol–water partition coefficient (Wildman–Crippen LogP) is 8.30. The van der Waals surface area contributed by atoms with Crippen molar-refractivity contribution in [3.63, 3.8) is 0 Å². The lowest BCUT2D eigenvalue weighted by atomic mass is 9.80. The number of rotatable bonds is 12. The molecule has 1 fully saturated rings. The quantitative estimate of drug-likeness (QED) is 0.146. The molecule has 3 aromatic rings. The molecule has 0 unspecified atom stereocenters. The Bertz CT molecular complexity index is 1550.